The molecule has 0 saturated heterocycles. The van der Waals surface area contributed by atoms with E-state index < -0.39 is 29.4 Å². The first-order valence-electron chi connectivity index (χ1n) is 10.2. The number of aromatic amines is 1. The predicted molar refractivity (Wildman–Crippen MR) is 109 cm³/mol. The lowest BCUT2D eigenvalue weighted by Crippen LogP contribution is -2.41. The molecule has 4 heterocycles. The molecule has 5 aromatic rings. The molecule has 0 spiro atoms. The number of nitrogens with zero attached hydrogens (tertiary/aromatic N) is 5. The molecule has 1 aliphatic rings. The average Bonchev–Trinajstić information content (AvgIpc) is 3.58. The number of aromatic nitrogens is 5. The standard InChI is InChI=1S/C22H13F3N6O3/c23-11-2-4-16-15(8-11)28-20(33-16)18-17-14(26-9-27-17)5-6-31(18)22(32)21-30-29-19(34-21)10-1-3-12(24)13(25)7-10/h1-4,7-9,18H,5-6H2,(H,26,27)/t18-/m0/s1. The van der Waals surface area contributed by atoms with Crippen molar-refractivity contribution in [3.63, 3.8) is 0 Å². The summed E-state index contributed by atoms with van der Waals surface area (Å²) in [7, 11) is 0. The third kappa shape index (κ3) is 3.22. The number of imidazole rings is 1. The van der Waals surface area contributed by atoms with Crippen LogP contribution in [0.2, 0.25) is 0 Å². The maximum absolute atomic E-state index is 13.7. The van der Waals surface area contributed by atoms with Crippen LogP contribution in [0.4, 0.5) is 13.2 Å². The van der Waals surface area contributed by atoms with Gasteiger partial charge in [-0.3, -0.25) is 4.79 Å². The summed E-state index contributed by atoms with van der Waals surface area (Å²) in [5.74, 6) is -3.57. The highest BCUT2D eigenvalue weighted by Crippen LogP contribution is 2.35. The highest BCUT2D eigenvalue weighted by molar-refractivity contribution is 5.90. The highest BCUT2D eigenvalue weighted by Gasteiger charge is 2.39. The molecule has 0 aliphatic carbocycles. The van der Waals surface area contributed by atoms with E-state index >= 15 is 0 Å². The first-order chi connectivity index (χ1) is 16.5. The molecule has 12 heteroatoms. The smallest absolute Gasteiger partial charge is 0.312 e. The number of amides is 1. The van der Waals surface area contributed by atoms with E-state index in [1.165, 1.54) is 35.5 Å². The minimum atomic E-state index is -1.09. The van der Waals surface area contributed by atoms with E-state index in [1.54, 1.807) is 0 Å². The zero-order valence-electron chi connectivity index (χ0n) is 17.1. The van der Waals surface area contributed by atoms with Gasteiger partial charge in [0.05, 0.1) is 12.0 Å². The van der Waals surface area contributed by atoms with Gasteiger partial charge in [0, 0.05) is 30.3 Å². The van der Waals surface area contributed by atoms with Crippen LogP contribution >= 0.6 is 0 Å². The molecule has 34 heavy (non-hydrogen) atoms. The number of rotatable bonds is 3. The van der Waals surface area contributed by atoms with E-state index in [1.807, 2.05) is 0 Å². The molecular formula is C22H13F3N6O3. The Labute approximate surface area is 188 Å². The SMILES string of the molecule is O=C(c1nnc(-c2ccc(F)c(F)c2)o1)N1CCc2[nH]cnc2[C@H]1c1nc2cc(F)ccc2o1. The number of carbonyl (C=O) groups excluding carboxylic acids is 1. The maximum Gasteiger partial charge on any atom is 0.312 e. The normalized spacial score (nSPS) is 15.6. The molecule has 9 nitrogen and oxygen atoms in total. The Morgan fingerprint density at radius 3 is 2.79 bits per heavy atom. The lowest BCUT2D eigenvalue weighted by Gasteiger charge is -2.31. The molecule has 1 aliphatic heterocycles. The van der Waals surface area contributed by atoms with Gasteiger partial charge in [-0.25, -0.2) is 23.1 Å². The van der Waals surface area contributed by atoms with Gasteiger partial charge < -0.3 is 18.7 Å². The maximum atomic E-state index is 13.7. The van der Waals surface area contributed by atoms with E-state index in [0.29, 0.717) is 23.2 Å². The fourth-order valence-corrected chi connectivity index (χ4v) is 3.96. The first kappa shape index (κ1) is 20.1. The van der Waals surface area contributed by atoms with E-state index in [4.69, 9.17) is 8.83 Å². The summed E-state index contributed by atoms with van der Waals surface area (Å²) in [6.45, 7) is 0.245. The van der Waals surface area contributed by atoms with Gasteiger partial charge in [-0.05, 0) is 30.3 Å². The molecular weight excluding hydrogens is 453 g/mol. The van der Waals surface area contributed by atoms with Crippen LogP contribution in [0.1, 0.15) is 34.0 Å². The van der Waals surface area contributed by atoms with Crippen molar-refractivity contribution in [2.24, 2.45) is 0 Å². The zero-order valence-corrected chi connectivity index (χ0v) is 17.1. The predicted octanol–water partition coefficient (Wildman–Crippen LogP) is 3.81. The molecule has 0 unspecified atom stereocenters. The van der Waals surface area contributed by atoms with Gasteiger partial charge in [-0.2, -0.15) is 0 Å². The van der Waals surface area contributed by atoms with Crippen molar-refractivity contribution >= 4 is 17.0 Å². The van der Waals surface area contributed by atoms with Crippen molar-refractivity contribution in [2.45, 2.75) is 12.5 Å². The van der Waals surface area contributed by atoms with Gasteiger partial charge in [0.1, 0.15) is 11.3 Å². The quantitative estimate of drug-likeness (QED) is 0.430. The number of nitrogens with one attached hydrogen (secondary N) is 1. The van der Waals surface area contributed by atoms with Crippen molar-refractivity contribution in [2.75, 3.05) is 6.54 Å². The molecule has 0 radical (unpaired) electrons. The summed E-state index contributed by atoms with van der Waals surface area (Å²) < 4.78 is 51.8. The van der Waals surface area contributed by atoms with Crippen molar-refractivity contribution in [3.8, 4) is 11.5 Å². The molecule has 1 amide bonds. The van der Waals surface area contributed by atoms with Crippen LogP contribution in [-0.2, 0) is 6.42 Å². The summed E-state index contributed by atoms with van der Waals surface area (Å²) in [5.41, 5.74) is 2.09. The Balaban J connectivity index is 1.38. The Hall–Kier alpha value is -4.48. The summed E-state index contributed by atoms with van der Waals surface area (Å²) in [5, 5.41) is 7.59. The number of H-pyrrole nitrogens is 1. The van der Waals surface area contributed by atoms with E-state index in [-0.39, 0.29) is 29.8 Å². The highest BCUT2D eigenvalue weighted by atomic mass is 19.2. The monoisotopic (exact) mass is 466 g/mol. The molecule has 1 atom stereocenters. The van der Waals surface area contributed by atoms with Gasteiger partial charge in [0.15, 0.2) is 23.3 Å². The van der Waals surface area contributed by atoms with Gasteiger partial charge in [0.25, 0.3) is 0 Å². The number of hydrogen-bond acceptors (Lipinski definition) is 7. The van der Waals surface area contributed by atoms with E-state index in [0.717, 1.165) is 17.8 Å². The third-order valence-corrected chi connectivity index (χ3v) is 5.56. The third-order valence-electron chi connectivity index (χ3n) is 5.56. The summed E-state index contributed by atoms with van der Waals surface area (Å²) >= 11 is 0. The Kier molecular flexibility index (Phi) is 4.47. The number of halogens is 3. The first-order valence-corrected chi connectivity index (χ1v) is 10.2. The summed E-state index contributed by atoms with van der Waals surface area (Å²) in [6, 6.07) is 6.18. The van der Waals surface area contributed by atoms with Gasteiger partial charge in [0.2, 0.25) is 11.8 Å². The van der Waals surface area contributed by atoms with Crippen molar-refractivity contribution in [3.05, 3.63) is 83.3 Å². The number of benzene rings is 2. The van der Waals surface area contributed by atoms with Crippen molar-refractivity contribution in [1.29, 1.82) is 0 Å². The van der Waals surface area contributed by atoms with E-state index in [9.17, 15) is 18.0 Å². The zero-order chi connectivity index (χ0) is 23.4. The number of carbonyl (C=O) groups is 1. The van der Waals surface area contributed by atoms with Crippen LogP contribution in [0.25, 0.3) is 22.6 Å². The largest absolute Gasteiger partial charge is 0.438 e. The van der Waals surface area contributed by atoms with E-state index in [2.05, 4.69) is 25.1 Å². The number of hydrogen-bond donors (Lipinski definition) is 1. The van der Waals surface area contributed by atoms with Crippen LogP contribution in [0.5, 0.6) is 0 Å². The summed E-state index contributed by atoms with van der Waals surface area (Å²) in [4.78, 5) is 26.5. The fourth-order valence-electron chi connectivity index (χ4n) is 3.96. The van der Waals surface area contributed by atoms with Crippen LogP contribution in [-0.4, -0.2) is 42.5 Å². The Morgan fingerprint density at radius 1 is 1.06 bits per heavy atom. The number of fused-ring (bicyclic) bond motifs is 2. The van der Waals surface area contributed by atoms with Crippen molar-refractivity contribution in [1.82, 2.24) is 30.0 Å². The topological polar surface area (TPSA) is 114 Å². The van der Waals surface area contributed by atoms with Gasteiger partial charge >= 0.3 is 11.8 Å². The lowest BCUT2D eigenvalue weighted by atomic mass is 10.0. The van der Waals surface area contributed by atoms with Gasteiger partial charge in [-0.15, -0.1) is 10.2 Å². The molecule has 170 valence electrons. The Bertz CT molecular complexity index is 1560. The second-order valence-corrected chi connectivity index (χ2v) is 7.62. The molecule has 0 fully saturated rings. The average molecular weight is 466 g/mol. The molecule has 2 aromatic carbocycles. The van der Waals surface area contributed by atoms with Crippen LogP contribution in [0.15, 0.2) is 51.6 Å². The second kappa shape index (κ2) is 7.54. The molecule has 0 bridgehead atoms. The lowest BCUT2D eigenvalue weighted by molar-refractivity contribution is 0.0627. The molecule has 1 N–H and O–H groups in total. The van der Waals surface area contributed by atoms with Gasteiger partial charge in [-0.1, -0.05) is 0 Å². The minimum absolute atomic E-state index is 0.121. The summed E-state index contributed by atoms with van der Waals surface area (Å²) in [6.07, 6.45) is 1.97. The van der Waals surface area contributed by atoms with Crippen LogP contribution in [0.3, 0.4) is 0 Å². The van der Waals surface area contributed by atoms with Crippen LogP contribution < -0.4 is 0 Å². The fraction of sp³-hybridized carbons (Fsp3) is 0.136. The molecule has 0 saturated carbocycles. The number of oxazole rings is 1. The Morgan fingerprint density at radius 2 is 1.94 bits per heavy atom. The molecule has 6 rings (SSSR count). The van der Waals surface area contributed by atoms with Crippen LogP contribution in [0, 0.1) is 17.5 Å². The molecule has 3 aromatic heterocycles. The van der Waals surface area contributed by atoms with Crippen molar-refractivity contribution < 1.29 is 26.8 Å². The second-order valence-electron chi connectivity index (χ2n) is 7.62. The minimum Gasteiger partial charge on any atom is -0.438 e.